The van der Waals surface area contributed by atoms with Gasteiger partial charge in [0.1, 0.15) is 18.0 Å². The van der Waals surface area contributed by atoms with Crippen molar-refractivity contribution in [1.82, 2.24) is 10.3 Å². The second kappa shape index (κ2) is 8.22. The van der Waals surface area contributed by atoms with Crippen molar-refractivity contribution in [2.45, 2.75) is 0 Å². The third kappa shape index (κ3) is 4.08. The van der Waals surface area contributed by atoms with Crippen LogP contribution >= 0.6 is 11.3 Å². The van der Waals surface area contributed by atoms with Crippen LogP contribution in [-0.2, 0) is 4.79 Å². The van der Waals surface area contributed by atoms with Gasteiger partial charge >= 0.3 is 5.97 Å². The molecule has 8 heteroatoms. The molecule has 0 aliphatic carbocycles. The number of nitrogens with zero attached hydrogens (tertiary/aromatic N) is 1. The average Bonchev–Trinajstić information content (AvgIpc) is 3.19. The van der Waals surface area contributed by atoms with Crippen LogP contribution in [0.3, 0.4) is 0 Å². The Balaban J connectivity index is 1.58. The first-order valence-electron chi connectivity index (χ1n) is 8.96. The van der Waals surface area contributed by atoms with Gasteiger partial charge in [0.2, 0.25) is 0 Å². The molecule has 0 aliphatic rings. The number of ether oxygens (including phenoxy) is 1. The first-order valence-corrected chi connectivity index (χ1v) is 9.78. The van der Waals surface area contributed by atoms with Crippen molar-refractivity contribution in [3.05, 3.63) is 72.6 Å². The second-order valence-electron chi connectivity index (χ2n) is 6.36. The number of benzene rings is 2. The number of carboxylic acid groups (broad SMARTS) is 1. The number of thiophene rings is 1. The normalized spacial score (nSPS) is 10.7. The van der Waals surface area contributed by atoms with Crippen molar-refractivity contribution >= 4 is 33.3 Å². The van der Waals surface area contributed by atoms with Gasteiger partial charge in [-0.2, -0.15) is 0 Å². The van der Waals surface area contributed by atoms with Crippen molar-refractivity contribution in [1.29, 1.82) is 0 Å². The van der Waals surface area contributed by atoms with Crippen LogP contribution in [0.4, 0.5) is 0 Å². The van der Waals surface area contributed by atoms with E-state index in [1.165, 1.54) is 17.5 Å². The molecule has 30 heavy (non-hydrogen) atoms. The molecule has 150 valence electrons. The van der Waals surface area contributed by atoms with Gasteiger partial charge in [-0.15, -0.1) is 11.3 Å². The number of carbonyl (C=O) groups is 2. The first-order chi connectivity index (χ1) is 14.5. The molecule has 4 rings (SSSR count). The molecule has 0 unspecified atom stereocenters. The minimum Gasteiger partial charge on any atom is -0.505 e. The maximum absolute atomic E-state index is 12.1. The summed E-state index contributed by atoms with van der Waals surface area (Å²) in [6, 6.07) is 18.8. The monoisotopic (exact) mass is 420 g/mol. The van der Waals surface area contributed by atoms with Crippen molar-refractivity contribution in [3.8, 4) is 27.7 Å². The average molecular weight is 420 g/mol. The summed E-state index contributed by atoms with van der Waals surface area (Å²) >= 11 is 1.42. The third-order valence-electron chi connectivity index (χ3n) is 4.28. The van der Waals surface area contributed by atoms with Crippen LogP contribution in [0.25, 0.3) is 20.5 Å². The molecular formula is C22H16N2O5S. The van der Waals surface area contributed by atoms with Gasteiger partial charge in [0.05, 0.1) is 4.70 Å². The van der Waals surface area contributed by atoms with Crippen LogP contribution in [0, 0.1) is 0 Å². The van der Waals surface area contributed by atoms with Crippen molar-refractivity contribution in [2.24, 2.45) is 0 Å². The number of nitrogens with one attached hydrogen (secondary N) is 1. The second-order valence-corrected chi connectivity index (χ2v) is 7.44. The van der Waals surface area contributed by atoms with Gasteiger partial charge in [0.15, 0.2) is 11.4 Å². The molecule has 0 saturated heterocycles. The predicted molar refractivity (Wildman–Crippen MR) is 113 cm³/mol. The number of hydrogen-bond donors (Lipinski definition) is 3. The van der Waals surface area contributed by atoms with Crippen molar-refractivity contribution in [3.63, 3.8) is 0 Å². The highest BCUT2D eigenvalue weighted by Crippen LogP contribution is 2.39. The number of aliphatic carboxylic acids is 1. The van der Waals surface area contributed by atoms with Crippen LogP contribution in [-0.4, -0.2) is 33.6 Å². The number of para-hydroxylation sites is 1. The standard InChI is InChI=1S/C22H16N2O5S/c25-19(26)12-24-22(28)20-21(27)16-10-17(30-18(16)11-23-20)13-6-8-15(9-7-13)29-14-4-2-1-3-5-14/h1-11,27H,12H2,(H,24,28)(H,25,26). The number of aromatic nitrogens is 1. The van der Waals surface area contributed by atoms with E-state index < -0.39 is 18.4 Å². The number of rotatable bonds is 6. The van der Waals surface area contributed by atoms with E-state index in [1.54, 1.807) is 6.07 Å². The molecule has 0 saturated carbocycles. The molecule has 7 nitrogen and oxygen atoms in total. The zero-order chi connectivity index (χ0) is 21.1. The highest BCUT2D eigenvalue weighted by molar-refractivity contribution is 7.22. The van der Waals surface area contributed by atoms with E-state index in [0.29, 0.717) is 15.8 Å². The topological polar surface area (TPSA) is 109 Å². The van der Waals surface area contributed by atoms with Gasteiger partial charge in [-0.1, -0.05) is 18.2 Å². The maximum atomic E-state index is 12.1. The molecule has 1 amide bonds. The Labute approximate surface area is 175 Å². The number of pyridine rings is 1. The highest BCUT2D eigenvalue weighted by atomic mass is 32.1. The molecule has 2 aromatic heterocycles. The summed E-state index contributed by atoms with van der Waals surface area (Å²) in [6.07, 6.45) is 1.49. The summed E-state index contributed by atoms with van der Waals surface area (Å²) in [5.74, 6) is -0.750. The molecule has 0 radical (unpaired) electrons. The molecular weight excluding hydrogens is 404 g/mol. The third-order valence-corrected chi connectivity index (χ3v) is 5.40. The number of carboxylic acids is 1. The fraction of sp³-hybridized carbons (Fsp3) is 0.0455. The van der Waals surface area contributed by atoms with Crippen LogP contribution in [0.5, 0.6) is 17.2 Å². The Morgan fingerprint density at radius 3 is 2.43 bits per heavy atom. The lowest BCUT2D eigenvalue weighted by atomic mass is 10.1. The molecule has 0 fully saturated rings. The number of fused-ring (bicyclic) bond motifs is 1. The largest absolute Gasteiger partial charge is 0.505 e. The molecule has 0 aliphatic heterocycles. The molecule has 0 bridgehead atoms. The van der Waals surface area contributed by atoms with Gasteiger partial charge in [0, 0.05) is 16.5 Å². The van der Waals surface area contributed by atoms with E-state index in [4.69, 9.17) is 9.84 Å². The minimum atomic E-state index is -1.18. The fourth-order valence-electron chi connectivity index (χ4n) is 2.86. The SMILES string of the molecule is O=C(O)CNC(=O)c1ncc2sc(-c3ccc(Oc4ccccc4)cc3)cc2c1O. The summed E-state index contributed by atoms with van der Waals surface area (Å²) < 4.78 is 6.51. The predicted octanol–water partition coefficient (Wildman–Crippen LogP) is 4.28. The molecule has 0 atom stereocenters. The van der Waals surface area contributed by atoms with E-state index in [0.717, 1.165) is 16.2 Å². The smallest absolute Gasteiger partial charge is 0.322 e. The van der Waals surface area contributed by atoms with Gasteiger partial charge in [-0.25, -0.2) is 4.98 Å². The van der Waals surface area contributed by atoms with Gasteiger partial charge in [0.25, 0.3) is 5.91 Å². The summed E-state index contributed by atoms with van der Waals surface area (Å²) in [5.41, 5.74) is 0.715. The molecule has 4 aromatic rings. The summed E-state index contributed by atoms with van der Waals surface area (Å²) in [7, 11) is 0. The van der Waals surface area contributed by atoms with Crippen molar-refractivity contribution in [2.75, 3.05) is 6.54 Å². The quantitative estimate of drug-likeness (QED) is 0.430. The fourth-order valence-corrected chi connectivity index (χ4v) is 3.90. The van der Waals surface area contributed by atoms with E-state index in [9.17, 15) is 14.7 Å². The number of hydrogen-bond acceptors (Lipinski definition) is 6. The van der Waals surface area contributed by atoms with Crippen molar-refractivity contribution < 1.29 is 24.5 Å². The van der Waals surface area contributed by atoms with Gasteiger partial charge in [-0.3, -0.25) is 9.59 Å². The van der Waals surface area contributed by atoms with E-state index in [-0.39, 0.29) is 11.4 Å². The summed E-state index contributed by atoms with van der Waals surface area (Å²) in [5, 5.41) is 21.8. The molecule has 2 aromatic carbocycles. The molecule has 2 heterocycles. The van der Waals surface area contributed by atoms with Crippen LogP contribution < -0.4 is 10.1 Å². The van der Waals surface area contributed by atoms with E-state index in [1.807, 2.05) is 54.6 Å². The Kier molecular flexibility index (Phi) is 5.32. The minimum absolute atomic E-state index is 0.209. The lowest BCUT2D eigenvalue weighted by Gasteiger charge is -2.06. The highest BCUT2D eigenvalue weighted by Gasteiger charge is 2.18. The Hall–Kier alpha value is -3.91. The lowest BCUT2D eigenvalue weighted by molar-refractivity contribution is -0.135. The maximum Gasteiger partial charge on any atom is 0.322 e. The van der Waals surface area contributed by atoms with E-state index in [2.05, 4.69) is 10.3 Å². The van der Waals surface area contributed by atoms with Gasteiger partial charge < -0.3 is 20.3 Å². The molecule has 0 spiro atoms. The van der Waals surface area contributed by atoms with E-state index >= 15 is 0 Å². The van der Waals surface area contributed by atoms with Crippen LogP contribution in [0.15, 0.2) is 66.9 Å². The Morgan fingerprint density at radius 1 is 1.03 bits per heavy atom. The number of carbonyl (C=O) groups excluding carboxylic acids is 1. The summed E-state index contributed by atoms with van der Waals surface area (Å²) in [6.45, 7) is -0.551. The number of amides is 1. The zero-order valence-electron chi connectivity index (χ0n) is 15.5. The first kappa shape index (κ1) is 19.4. The zero-order valence-corrected chi connectivity index (χ0v) is 16.3. The Morgan fingerprint density at radius 2 is 1.73 bits per heavy atom. The van der Waals surface area contributed by atoms with Crippen LogP contribution in [0.1, 0.15) is 10.5 Å². The Bertz CT molecular complexity index is 1220. The van der Waals surface area contributed by atoms with Crippen LogP contribution in [0.2, 0.25) is 0 Å². The number of aromatic hydroxyl groups is 1. The summed E-state index contributed by atoms with van der Waals surface area (Å²) in [4.78, 5) is 27.6. The van der Waals surface area contributed by atoms with Gasteiger partial charge in [-0.05, 0) is 48.0 Å². The lowest BCUT2D eigenvalue weighted by Crippen LogP contribution is -2.29. The molecule has 3 N–H and O–H groups in total.